The Morgan fingerprint density at radius 1 is 0.805 bits per heavy atom. The second kappa shape index (κ2) is 8.72. The third-order valence-electron chi connectivity index (χ3n) is 7.46. The van der Waals surface area contributed by atoms with E-state index in [1.54, 1.807) is 12.1 Å². The maximum absolute atomic E-state index is 14.4. The summed E-state index contributed by atoms with van der Waals surface area (Å²) in [6, 6.07) is 13.0. The van der Waals surface area contributed by atoms with Crippen molar-refractivity contribution in [3.63, 3.8) is 0 Å². The molecule has 41 heavy (non-hydrogen) atoms. The quantitative estimate of drug-likeness (QED) is 0.153. The lowest BCUT2D eigenvalue weighted by Crippen LogP contribution is -2.04. The Kier molecular flexibility index (Phi) is 5.30. The zero-order valence-electron chi connectivity index (χ0n) is 21.6. The third kappa shape index (κ3) is 3.19. The second-order valence-electron chi connectivity index (χ2n) is 10.2. The van der Waals surface area contributed by atoms with Crippen molar-refractivity contribution in [1.82, 2.24) is 4.57 Å². The number of benzene rings is 2. The molecular weight excluding hydrogens is 557 g/mol. The zero-order valence-corrected chi connectivity index (χ0v) is 23.2. The van der Waals surface area contributed by atoms with E-state index in [4.69, 9.17) is 13.1 Å². The lowest BCUT2D eigenvalue weighted by molar-refractivity contribution is 0.546. The van der Waals surface area contributed by atoms with Crippen LogP contribution in [0.3, 0.4) is 0 Å². The summed E-state index contributed by atoms with van der Waals surface area (Å²) in [5.41, 5.74) is 6.97. The highest BCUT2D eigenvalue weighted by Gasteiger charge is 2.38. The predicted molar refractivity (Wildman–Crippen MR) is 157 cm³/mol. The first kappa shape index (κ1) is 24.9. The molecule has 3 heterocycles. The molecule has 0 bridgehead atoms. The van der Waals surface area contributed by atoms with Crippen molar-refractivity contribution in [2.24, 2.45) is 5.92 Å². The van der Waals surface area contributed by atoms with Gasteiger partial charge in [0.1, 0.15) is 11.6 Å². The molecular formula is C32H15F2N5S2. The van der Waals surface area contributed by atoms with Gasteiger partial charge in [-0.25, -0.2) is 29.0 Å². The van der Waals surface area contributed by atoms with Crippen LogP contribution in [0.25, 0.3) is 63.5 Å². The molecule has 5 aromatic rings. The molecule has 2 aliphatic rings. The molecule has 0 unspecified atom stereocenters. The molecule has 7 rings (SSSR count). The molecule has 3 aromatic heterocycles. The fraction of sp³-hybridized carbons (Fsp3) is 0.125. The maximum atomic E-state index is 14.4. The molecule has 0 aliphatic heterocycles. The number of hydrogen-bond acceptors (Lipinski definition) is 4. The number of fused-ring (bicyclic) bond motifs is 11. The van der Waals surface area contributed by atoms with Crippen molar-refractivity contribution in [2.75, 3.05) is 0 Å². The average Bonchev–Trinajstić information content (AvgIpc) is 3.70. The maximum Gasteiger partial charge on any atom is 0.271 e. The molecule has 0 atom stereocenters. The molecule has 0 N–H and O–H groups in total. The molecule has 2 aromatic carbocycles. The standard InChI is InChI=1S/C32H15F2N5S2/c1-14(2)13-39-27-25-17-7-5-15(33)9-19(17)23(21(11-35)37-3)29(25)40-31(27)32-28(39)26-18-8-6-16(34)10-20(18)24(30(26)41-32)22(12-36)38-4/h5-10,14H,13H2,1-2H3/b23-21-,24-22+. The summed E-state index contributed by atoms with van der Waals surface area (Å²) in [6.45, 7) is 20.1. The topological polar surface area (TPSA) is 61.2 Å². The monoisotopic (exact) mass is 571 g/mol. The number of allylic oxidation sites excluding steroid dienone is 2. The van der Waals surface area contributed by atoms with E-state index in [1.807, 2.05) is 12.1 Å². The van der Waals surface area contributed by atoms with E-state index in [0.717, 1.165) is 52.4 Å². The van der Waals surface area contributed by atoms with Gasteiger partial charge in [-0.05, 0) is 52.4 Å². The van der Waals surface area contributed by atoms with Crippen LogP contribution >= 0.6 is 22.7 Å². The minimum atomic E-state index is -0.442. The summed E-state index contributed by atoms with van der Waals surface area (Å²) >= 11 is 2.94. The van der Waals surface area contributed by atoms with Crippen LogP contribution in [-0.2, 0) is 6.54 Å². The normalized spacial score (nSPS) is 15.1. The van der Waals surface area contributed by atoms with E-state index >= 15 is 0 Å². The molecule has 0 fully saturated rings. The average molecular weight is 572 g/mol. The van der Waals surface area contributed by atoms with Crippen LogP contribution in [0.1, 0.15) is 34.7 Å². The minimum absolute atomic E-state index is 0.0864. The van der Waals surface area contributed by atoms with Gasteiger partial charge in [0.05, 0.1) is 45.7 Å². The number of rotatable bonds is 2. The number of halogens is 2. The number of aromatic nitrogens is 1. The number of hydrogen-bond donors (Lipinski definition) is 0. The second-order valence-corrected chi connectivity index (χ2v) is 12.3. The Balaban J connectivity index is 1.68. The van der Waals surface area contributed by atoms with E-state index in [1.165, 1.54) is 46.9 Å². The highest BCUT2D eigenvalue weighted by Crippen LogP contribution is 2.60. The van der Waals surface area contributed by atoms with Crippen molar-refractivity contribution in [2.45, 2.75) is 20.4 Å². The van der Waals surface area contributed by atoms with Crippen LogP contribution in [0.15, 0.2) is 47.8 Å². The third-order valence-corrected chi connectivity index (χ3v) is 10.0. The Morgan fingerprint density at radius 2 is 1.24 bits per heavy atom. The predicted octanol–water partition coefficient (Wildman–Crippen LogP) is 9.22. The van der Waals surface area contributed by atoms with Crippen molar-refractivity contribution in [1.29, 1.82) is 10.5 Å². The van der Waals surface area contributed by atoms with Crippen LogP contribution < -0.4 is 0 Å². The molecule has 0 saturated heterocycles. The Labute approximate surface area is 241 Å². The van der Waals surface area contributed by atoms with Crippen LogP contribution in [0.5, 0.6) is 0 Å². The minimum Gasteiger partial charge on any atom is -0.338 e. The van der Waals surface area contributed by atoms with Gasteiger partial charge < -0.3 is 4.57 Å². The van der Waals surface area contributed by atoms with Crippen molar-refractivity contribution >= 4 is 54.3 Å². The molecule has 0 amide bonds. The Morgan fingerprint density at radius 3 is 1.61 bits per heavy atom. The highest BCUT2D eigenvalue weighted by molar-refractivity contribution is 7.29. The molecule has 2 aliphatic carbocycles. The largest absolute Gasteiger partial charge is 0.338 e. The van der Waals surface area contributed by atoms with E-state index in [2.05, 4.69) is 28.1 Å². The summed E-state index contributed by atoms with van der Waals surface area (Å²) in [5, 5.41) is 19.6. The van der Waals surface area contributed by atoms with E-state index in [-0.39, 0.29) is 17.3 Å². The first-order valence-electron chi connectivity index (χ1n) is 12.6. The lowest BCUT2D eigenvalue weighted by Gasteiger charge is -2.12. The first-order valence-corrected chi connectivity index (χ1v) is 14.2. The highest BCUT2D eigenvalue weighted by atomic mass is 32.1. The van der Waals surface area contributed by atoms with Gasteiger partial charge in [-0.1, -0.05) is 26.0 Å². The summed E-state index contributed by atoms with van der Waals surface area (Å²) in [7, 11) is 0. The zero-order chi connectivity index (χ0) is 28.7. The summed E-state index contributed by atoms with van der Waals surface area (Å²) in [4.78, 5) is 8.47. The van der Waals surface area contributed by atoms with Gasteiger partial charge in [0.15, 0.2) is 0 Å². The van der Waals surface area contributed by atoms with Gasteiger partial charge in [-0.15, -0.1) is 22.7 Å². The van der Waals surface area contributed by atoms with E-state index in [0.29, 0.717) is 28.8 Å². The summed E-state index contributed by atoms with van der Waals surface area (Å²) < 4.78 is 33.0. The van der Waals surface area contributed by atoms with E-state index < -0.39 is 11.6 Å². The van der Waals surface area contributed by atoms with Gasteiger partial charge in [-0.3, -0.25) is 0 Å². The van der Waals surface area contributed by atoms with Gasteiger partial charge in [0.25, 0.3) is 11.4 Å². The summed E-state index contributed by atoms with van der Waals surface area (Å²) in [6.07, 6.45) is 0. The summed E-state index contributed by atoms with van der Waals surface area (Å²) in [5.74, 6) is -0.644. The van der Waals surface area contributed by atoms with Crippen LogP contribution in [0.4, 0.5) is 8.78 Å². The van der Waals surface area contributed by atoms with Crippen molar-refractivity contribution < 1.29 is 8.78 Å². The van der Waals surface area contributed by atoms with Crippen molar-refractivity contribution in [3.05, 3.63) is 103 Å². The van der Waals surface area contributed by atoms with Crippen molar-refractivity contribution in [3.8, 4) is 34.4 Å². The first-order chi connectivity index (χ1) is 19.8. The number of nitriles is 2. The molecule has 194 valence electrons. The molecule has 0 spiro atoms. The number of nitrogens with zero attached hydrogens (tertiary/aromatic N) is 5. The van der Waals surface area contributed by atoms with Crippen LogP contribution in [0, 0.1) is 53.4 Å². The van der Waals surface area contributed by atoms with E-state index in [9.17, 15) is 19.3 Å². The fourth-order valence-corrected chi connectivity index (χ4v) is 8.94. The smallest absolute Gasteiger partial charge is 0.271 e. The van der Waals surface area contributed by atoms with Gasteiger partial charge >= 0.3 is 0 Å². The van der Waals surface area contributed by atoms with Crippen LogP contribution in [-0.4, -0.2) is 4.57 Å². The molecule has 0 saturated carbocycles. The number of thiophene rings is 2. The Bertz CT molecular complexity index is 2090. The fourth-order valence-electron chi connectivity index (χ4n) is 6.05. The molecule has 0 radical (unpaired) electrons. The molecule has 5 nitrogen and oxygen atoms in total. The van der Waals surface area contributed by atoms with Gasteiger partial charge in [0.2, 0.25) is 0 Å². The molecule has 9 heteroatoms. The Hall–Kier alpha value is -5.06. The van der Waals surface area contributed by atoms with Crippen LogP contribution in [0.2, 0.25) is 0 Å². The van der Waals surface area contributed by atoms with Gasteiger partial charge in [0, 0.05) is 38.6 Å². The SMILES string of the molecule is [C-]#[N+]/C(C#N)=C1/c2cc(F)ccc2-c2c1sc1c3sc4c(c3n(CC(C)C)c21)-c1ccc(F)cc1/C4=C(/C#N)[N+]#[C-]. The lowest BCUT2D eigenvalue weighted by atomic mass is 10.0. The van der Waals surface area contributed by atoms with Gasteiger partial charge in [-0.2, -0.15) is 0 Å².